The largest absolute Gasteiger partial charge is 0.443 e. The number of nitrogens with zero attached hydrogens (tertiary/aromatic N) is 1. The van der Waals surface area contributed by atoms with Gasteiger partial charge in [0.2, 0.25) is 0 Å². The van der Waals surface area contributed by atoms with Gasteiger partial charge in [-0.15, -0.1) is 0 Å². The van der Waals surface area contributed by atoms with E-state index in [1.807, 2.05) is 29.2 Å². The highest BCUT2D eigenvalue weighted by Crippen LogP contribution is 2.61. The minimum Gasteiger partial charge on any atom is -0.443 e. The van der Waals surface area contributed by atoms with Gasteiger partial charge in [0.05, 0.1) is 6.04 Å². The molecule has 128 valence electrons. The molecule has 4 heteroatoms. The first-order valence-corrected chi connectivity index (χ1v) is 8.99. The van der Waals surface area contributed by atoms with E-state index in [0.717, 1.165) is 31.2 Å². The zero-order valence-electron chi connectivity index (χ0n) is 14.2. The molecular formula is C21H22N2O2. The number of carbonyl (C=O) groups is 1. The fraction of sp³-hybridized carbons (Fsp3) is 0.381. The first kappa shape index (κ1) is 15.0. The highest BCUT2D eigenvalue weighted by atomic mass is 16.6. The Labute approximate surface area is 147 Å². The van der Waals surface area contributed by atoms with E-state index in [9.17, 15) is 4.79 Å². The number of benzene rings is 2. The smallest absolute Gasteiger partial charge is 0.411 e. The quantitative estimate of drug-likeness (QED) is 0.916. The Bertz CT molecular complexity index is 813. The van der Waals surface area contributed by atoms with Crippen LogP contribution < -0.4 is 5.73 Å². The van der Waals surface area contributed by atoms with Crippen LogP contribution in [0.4, 0.5) is 4.79 Å². The molecule has 2 aromatic carbocycles. The number of ether oxygens (including phenoxy) is 1. The molecule has 0 saturated heterocycles. The maximum Gasteiger partial charge on any atom is 0.411 e. The third-order valence-electron chi connectivity index (χ3n) is 5.96. The third-order valence-corrected chi connectivity index (χ3v) is 5.96. The molecule has 3 saturated carbocycles. The minimum absolute atomic E-state index is 0.0619. The van der Waals surface area contributed by atoms with Crippen molar-refractivity contribution < 1.29 is 9.53 Å². The fourth-order valence-corrected chi connectivity index (χ4v) is 4.88. The summed E-state index contributed by atoms with van der Waals surface area (Å²) < 4.78 is 5.92. The number of hydrogen-bond donors (Lipinski definition) is 1. The van der Waals surface area contributed by atoms with Gasteiger partial charge in [0.15, 0.2) is 0 Å². The van der Waals surface area contributed by atoms with Crippen molar-refractivity contribution in [1.82, 2.24) is 4.90 Å². The van der Waals surface area contributed by atoms with Gasteiger partial charge in [-0.3, -0.25) is 4.90 Å². The van der Waals surface area contributed by atoms with E-state index in [4.69, 9.17) is 10.5 Å². The van der Waals surface area contributed by atoms with Crippen LogP contribution >= 0.6 is 0 Å². The molecule has 3 aliphatic carbocycles. The number of carbonyl (C=O) groups excluding carboxylic acids is 1. The summed E-state index contributed by atoms with van der Waals surface area (Å²) >= 11 is 0. The normalized spacial score (nSPS) is 32.2. The molecule has 25 heavy (non-hydrogen) atoms. The van der Waals surface area contributed by atoms with Gasteiger partial charge in [0, 0.05) is 31.3 Å². The molecule has 1 aliphatic heterocycles. The SMILES string of the molecule is NC12CC(OC(=O)N3CCc4ccccc4[C@@H]3c3ccccc3)(C1)C2. The number of amides is 1. The highest BCUT2D eigenvalue weighted by molar-refractivity contribution is 5.71. The molecule has 6 rings (SSSR count). The molecule has 1 heterocycles. The van der Waals surface area contributed by atoms with E-state index in [1.165, 1.54) is 11.1 Å². The Morgan fingerprint density at radius 3 is 2.44 bits per heavy atom. The van der Waals surface area contributed by atoms with Gasteiger partial charge in [-0.2, -0.15) is 0 Å². The minimum atomic E-state index is -0.288. The second-order valence-corrected chi connectivity index (χ2v) is 7.90. The van der Waals surface area contributed by atoms with E-state index >= 15 is 0 Å². The summed E-state index contributed by atoms with van der Waals surface area (Å²) in [6.07, 6.45) is 3.09. The van der Waals surface area contributed by atoms with Crippen LogP contribution in [0.25, 0.3) is 0 Å². The molecule has 0 unspecified atom stereocenters. The van der Waals surface area contributed by atoms with E-state index in [-0.39, 0.29) is 23.3 Å². The maximum absolute atomic E-state index is 13.0. The van der Waals surface area contributed by atoms with Gasteiger partial charge in [-0.05, 0) is 23.1 Å². The van der Waals surface area contributed by atoms with Gasteiger partial charge >= 0.3 is 6.09 Å². The van der Waals surface area contributed by atoms with Crippen LogP contribution in [0.2, 0.25) is 0 Å². The summed E-state index contributed by atoms with van der Waals surface area (Å²) in [7, 11) is 0. The van der Waals surface area contributed by atoms with Gasteiger partial charge in [-0.1, -0.05) is 54.6 Å². The molecule has 1 amide bonds. The van der Waals surface area contributed by atoms with E-state index < -0.39 is 0 Å². The lowest BCUT2D eigenvalue weighted by Crippen LogP contribution is -2.78. The van der Waals surface area contributed by atoms with Crippen LogP contribution in [0, 0.1) is 0 Å². The summed E-state index contributed by atoms with van der Waals surface area (Å²) in [6.45, 7) is 0.680. The average molecular weight is 334 g/mol. The Hall–Kier alpha value is -2.33. The summed E-state index contributed by atoms with van der Waals surface area (Å²) in [6, 6.07) is 18.5. The second-order valence-electron chi connectivity index (χ2n) is 7.90. The van der Waals surface area contributed by atoms with Crippen LogP contribution in [0.3, 0.4) is 0 Å². The van der Waals surface area contributed by atoms with Crippen molar-refractivity contribution in [1.29, 1.82) is 0 Å². The van der Waals surface area contributed by atoms with E-state index in [0.29, 0.717) is 6.54 Å². The van der Waals surface area contributed by atoms with Crippen molar-refractivity contribution in [2.24, 2.45) is 5.73 Å². The lowest BCUT2D eigenvalue weighted by Gasteiger charge is -2.67. The standard InChI is InChI=1S/C21H22N2O2/c22-20-12-21(13-20,14-20)25-19(24)23-11-10-15-6-4-5-9-17(15)18(23)16-7-2-1-3-8-16/h1-9,18H,10-14,22H2/t18-,20?,21?/m0/s1. The van der Waals surface area contributed by atoms with Crippen molar-refractivity contribution in [2.75, 3.05) is 6.54 Å². The van der Waals surface area contributed by atoms with Crippen molar-refractivity contribution >= 4 is 6.09 Å². The Morgan fingerprint density at radius 1 is 1.04 bits per heavy atom. The molecule has 2 aromatic rings. The van der Waals surface area contributed by atoms with Crippen LogP contribution in [-0.4, -0.2) is 28.7 Å². The zero-order valence-corrected chi connectivity index (χ0v) is 14.2. The molecule has 0 spiro atoms. The molecule has 3 fully saturated rings. The van der Waals surface area contributed by atoms with Gasteiger partial charge in [0.1, 0.15) is 5.60 Å². The lowest BCUT2D eigenvalue weighted by atomic mass is 9.46. The molecule has 4 aliphatic rings. The van der Waals surface area contributed by atoms with Crippen LogP contribution in [-0.2, 0) is 11.2 Å². The summed E-state index contributed by atoms with van der Waals surface area (Å²) in [5, 5.41) is 0. The van der Waals surface area contributed by atoms with Gasteiger partial charge in [-0.25, -0.2) is 4.79 Å². The van der Waals surface area contributed by atoms with E-state index in [1.54, 1.807) is 0 Å². The average Bonchev–Trinajstić information content (AvgIpc) is 2.59. The molecule has 0 radical (unpaired) electrons. The monoisotopic (exact) mass is 334 g/mol. The van der Waals surface area contributed by atoms with Crippen molar-refractivity contribution in [3.8, 4) is 0 Å². The molecule has 4 nitrogen and oxygen atoms in total. The number of nitrogens with two attached hydrogens (primary N) is 1. The number of rotatable bonds is 2. The summed E-state index contributed by atoms with van der Waals surface area (Å²) in [5.41, 5.74) is 9.39. The maximum atomic E-state index is 13.0. The molecule has 2 N–H and O–H groups in total. The predicted molar refractivity (Wildman–Crippen MR) is 95.1 cm³/mol. The highest BCUT2D eigenvalue weighted by Gasteiger charge is 2.69. The fourth-order valence-electron chi connectivity index (χ4n) is 4.88. The van der Waals surface area contributed by atoms with E-state index in [2.05, 4.69) is 30.3 Å². The molecular weight excluding hydrogens is 312 g/mol. The number of hydrogen-bond acceptors (Lipinski definition) is 3. The van der Waals surface area contributed by atoms with Crippen LogP contribution in [0.15, 0.2) is 54.6 Å². The summed E-state index contributed by atoms with van der Waals surface area (Å²) in [4.78, 5) is 14.9. The second kappa shape index (κ2) is 5.09. The van der Waals surface area contributed by atoms with Crippen LogP contribution in [0.5, 0.6) is 0 Å². The zero-order chi connectivity index (χ0) is 17.1. The van der Waals surface area contributed by atoms with Gasteiger partial charge < -0.3 is 10.5 Å². The molecule has 0 aromatic heterocycles. The summed E-state index contributed by atoms with van der Waals surface area (Å²) in [5.74, 6) is 0. The van der Waals surface area contributed by atoms with Crippen molar-refractivity contribution in [2.45, 2.75) is 42.9 Å². The van der Waals surface area contributed by atoms with Crippen LogP contribution in [0.1, 0.15) is 42.0 Å². The Kier molecular flexibility index (Phi) is 3.04. The first-order valence-electron chi connectivity index (χ1n) is 8.99. The molecule has 1 atom stereocenters. The lowest BCUT2D eigenvalue weighted by molar-refractivity contribution is -0.210. The topological polar surface area (TPSA) is 55.6 Å². The Morgan fingerprint density at radius 2 is 1.72 bits per heavy atom. The van der Waals surface area contributed by atoms with Crippen molar-refractivity contribution in [3.63, 3.8) is 0 Å². The first-order chi connectivity index (χ1) is 12.1. The van der Waals surface area contributed by atoms with Crippen molar-refractivity contribution in [3.05, 3.63) is 71.3 Å². The van der Waals surface area contributed by atoms with Gasteiger partial charge in [0.25, 0.3) is 0 Å². The third kappa shape index (κ3) is 2.28. The Balaban J connectivity index is 1.47. The predicted octanol–water partition coefficient (Wildman–Crippen LogP) is 3.40. The molecule has 2 bridgehead atoms. The number of fused-ring (bicyclic) bond motifs is 1.